The Balaban J connectivity index is 1.63. The Morgan fingerprint density at radius 2 is 1.77 bits per heavy atom. The van der Waals surface area contributed by atoms with Crippen molar-refractivity contribution in [1.82, 2.24) is 9.80 Å². The van der Waals surface area contributed by atoms with Crippen molar-refractivity contribution in [2.45, 2.75) is 52.0 Å². The molecule has 1 aromatic carbocycles. The van der Waals surface area contributed by atoms with E-state index >= 15 is 0 Å². The van der Waals surface area contributed by atoms with Gasteiger partial charge in [-0.1, -0.05) is 45.5 Å². The van der Waals surface area contributed by atoms with Gasteiger partial charge in [0.1, 0.15) is 0 Å². The summed E-state index contributed by atoms with van der Waals surface area (Å²) >= 11 is 0. The molecule has 1 aromatic rings. The van der Waals surface area contributed by atoms with E-state index in [0.29, 0.717) is 19.6 Å². The first-order valence-electron chi connectivity index (χ1n) is 9.62. The molecule has 2 heterocycles. The Bertz CT molecular complexity index is 709. The lowest BCUT2D eigenvalue weighted by Crippen LogP contribution is -2.45. The molecule has 26 heavy (non-hydrogen) atoms. The molecule has 1 fully saturated rings. The zero-order valence-corrected chi connectivity index (χ0v) is 16.3. The first-order valence-corrected chi connectivity index (χ1v) is 9.62. The van der Waals surface area contributed by atoms with Gasteiger partial charge in [-0.15, -0.1) is 0 Å². The summed E-state index contributed by atoms with van der Waals surface area (Å²) in [5.41, 5.74) is 4.17. The Labute approximate surface area is 156 Å². The van der Waals surface area contributed by atoms with Crippen molar-refractivity contribution in [3.05, 3.63) is 47.5 Å². The molecule has 4 nitrogen and oxygen atoms in total. The SMILES string of the molecule is C=CC(=O)N1CCC(C(=O)N2CCc3cc(C(C)(C)C)ccc3C2)CC1. The zero-order chi connectivity index (χ0) is 18.9. The maximum Gasteiger partial charge on any atom is 0.245 e. The van der Waals surface area contributed by atoms with Gasteiger partial charge in [-0.25, -0.2) is 0 Å². The van der Waals surface area contributed by atoms with Gasteiger partial charge in [0.25, 0.3) is 0 Å². The van der Waals surface area contributed by atoms with E-state index in [1.807, 2.05) is 4.90 Å². The van der Waals surface area contributed by atoms with Gasteiger partial charge in [0.05, 0.1) is 0 Å². The monoisotopic (exact) mass is 354 g/mol. The smallest absolute Gasteiger partial charge is 0.245 e. The van der Waals surface area contributed by atoms with E-state index < -0.39 is 0 Å². The largest absolute Gasteiger partial charge is 0.339 e. The number of piperidine rings is 1. The van der Waals surface area contributed by atoms with E-state index in [1.165, 1.54) is 22.8 Å². The highest BCUT2D eigenvalue weighted by molar-refractivity contribution is 5.87. The average molecular weight is 354 g/mol. The number of carbonyl (C=O) groups excluding carboxylic acids is 2. The second kappa shape index (κ2) is 7.26. The molecule has 0 unspecified atom stereocenters. The van der Waals surface area contributed by atoms with Gasteiger partial charge in [0.2, 0.25) is 11.8 Å². The Hall–Kier alpha value is -2.10. The first-order chi connectivity index (χ1) is 12.3. The Kier molecular flexibility index (Phi) is 5.22. The third kappa shape index (κ3) is 3.84. The van der Waals surface area contributed by atoms with Gasteiger partial charge in [-0.2, -0.15) is 0 Å². The van der Waals surface area contributed by atoms with Crippen molar-refractivity contribution in [3.8, 4) is 0 Å². The second-order valence-electron chi connectivity index (χ2n) is 8.55. The lowest BCUT2D eigenvalue weighted by molar-refractivity contribution is -0.140. The maximum absolute atomic E-state index is 12.9. The number of amides is 2. The fraction of sp³-hybridized carbons (Fsp3) is 0.545. The van der Waals surface area contributed by atoms with Gasteiger partial charge in [0, 0.05) is 32.1 Å². The van der Waals surface area contributed by atoms with Gasteiger partial charge >= 0.3 is 0 Å². The number of likely N-dealkylation sites (tertiary alicyclic amines) is 1. The van der Waals surface area contributed by atoms with Crippen molar-refractivity contribution >= 4 is 11.8 Å². The van der Waals surface area contributed by atoms with Crippen molar-refractivity contribution in [2.24, 2.45) is 5.92 Å². The summed E-state index contributed by atoms with van der Waals surface area (Å²) in [6, 6.07) is 6.71. The summed E-state index contributed by atoms with van der Waals surface area (Å²) in [5.74, 6) is 0.262. The van der Waals surface area contributed by atoms with E-state index in [-0.39, 0.29) is 23.1 Å². The van der Waals surface area contributed by atoms with E-state index in [0.717, 1.165) is 25.8 Å². The fourth-order valence-electron chi connectivity index (χ4n) is 3.94. The van der Waals surface area contributed by atoms with Crippen molar-refractivity contribution in [3.63, 3.8) is 0 Å². The molecule has 1 saturated heterocycles. The lowest BCUT2D eigenvalue weighted by atomic mass is 9.84. The summed E-state index contributed by atoms with van der Waals surface area (Å²) < 4.78 is 0. The summed E-state index contributed by atoms with van der Waals surface area (Å²) in [5, 5.41) is 0. The summed E-state index contributed by atoms with van der Waals surface area (Å²) in [6.07, 6.45) is 3.80. The van der Waals surface area contributed by atoms with Gasteiger partial charge < -0.3 is 9.80 Å². The molecular weight excluding hydrogens is 324 g/mol. The maximum atomic E-state index is 12.9. The fourth-order valence-corrected chi connectivity index (χ4v) is 3.94. The van der Waals surface area contributed by atoms with Gasteiger partial charge in [-0.3, -0.25) is 9.59 Å². The molecule has 2 aliphatic heterocycles. The number of hydrogen-bond donors (Lipinski definition) is 0. The molecule has 0 aliphatic carbocycles. The van der Waals surface area contributed by atoms with E-state index in [1.54, 1.807) is 4.90 Å². The molecule has 0 bridgehead atoms. The molecule has 2 aliphatic rings. The minimum absolute atomic E-state index is 0.0301. The number of fused-ring (bicyclic) bond motifs is 1. The van der Waals surface area contributed by atoms with Crippen LogP contribution >= 0.6 is 0 Å². The summed E-state index contributed by atoms with van der Waals surface area (Å²) in [4.78, 5) is 28.4. The minimum Gasteiger partial charge on any atom is -0.339 e. The molecule has 0 N–H and O–H groups in total. The molecule has 4 heteroatoms. The molecule has 0 atom stereocenters. The lowest BCUT2D eigenvalue weighted by Gasteiger charge is -2.36. The van der Waals surface area contributed by atoms with Crippen LogP contribution in [0.2, 0.25) is 0 Å². The Morgan fingerprint density at radius 3 is 2.38 bits per heavy atom. The number of carbonyl (C=O) groups is 2. The Morgan fingerprint density at radius 1 is 1.08 bits per heavy atom. The van der Waals surface area contributed by atoms with Crippen LogP contribution in [0.4, 0.5) is 0 Å². The van der Waals surface area contributed by atoms with Crippen LogP contribution in [-0.4, -0.2) is 41.2 Å². The van der Waals surface area contributed by atoms with Crippen LogP contribution < -0.4 is 0 Å². The van der Waals surface area contributed by atoms with Crippen LogP contribution in [0.1, 0.15) is 50.3 Å². The molecule has 0 spiro atoms. The number of hydrogen-bond acceptors (Lipinski definition) is 2. The quantitative estimate of drug-likeness (QED) is 0.765. The molecular formula is C22H30N2O2. The van der Waals surface area contributed by atoms with Gasteiger partial charge in [-0.05, 0) is 47.4 Å². The van der Waals surface area contributed by atoms with Gasteiger partial charge in [0.15, 0.2) is 0 Å². The zero-order valence-electron chi connectivity index (χ0n) is 16.3. The van der Waals surface area contributed by atoms with Crippen molar-refractivity contribution in [1.29, 1.82) is 0 Å². The highest BCUT2D eigenvalue weighted by Crippen LogP contribution is 2.29. The van der Waals surface area contributed by atoms with Crippen molar-refractivity contribution < 1.29 is 9.59 Å². The van der Waals surface area contributed by atoms with Crippen LogP contribution in [0, 0.1) is 5.92 Å². The normalized spacial score (nSPS) is 18.4. The third-order valence-corrected chi connectivity index (χ3v) is 5.73. The number of nitrogens with zero attached hydrogens (tertiary/aromatic N) is 2. The van der Waals surface area contributed by atoms with E-state index in [9.17, 15) is 9.59 Å². The minimum atomic E-state index is -0.0301. The molecule has 0 aromatic heterocycles. The molecule has 0 radical (unpaired) electrons. The highest BCUT2D eigenvalue weighted by atomic mass is 16.2. The van der Waals surface area contributed by atoms with Crippen molar-refractivity contribution in [2.75, 3.05) is 19.6 Å². The first kappa shape index (κ1) is 18.7. The predicted octanol–water partition coefficient (Wildman–Crippen LogP) is 3.29. The molecule has 0 saturated carbocycles. The molecule has 140 valence electrons. The van der Waals surface area contributed by atoms with E-state index in [4.69, 9.17) is 0 Å². The molecule has 2 amide bonds. The average Bonchev–Trinajstić information content (AvgIpc) is 2.65. The van der Waals surface area contributed by atoms with Crippen LogP contribution in [0.3, 0.4) is 0 Å². The van der Waals surface area contributed by atoms with Crippen LogP contribution in [0.15, 0.2) is 30.9 Å². The standard InChI is InChI=1S/C22H30N2O2/c1-5-20(25)23-11-8-16(9-12-23)21(26)24-13-10-17-14-19(22(2,3)4)7-6-18(17)15-24/h5-7,14,16H,1,8-13,15H2,2-4H3. The highest BCUT2D eigenvalue weighted by Gasteiger charge is 2.31. The topological polar surface area (TPSA) is 40.6 Å². The van der Waals surface area contributed by atoms with E-state index in [2.05, 4.69) is 45.5 Å². The van der Waals surface area contributed by atoms with Crippen LogP contribution in [0.25, 0.3) is 0 Å². The number of benzene rings is 1. The third-order valence-electron chi connectivity index (χ3n) is 5.73. The summed E-state index contributed by atoms with van der Waals surface area (Å²) in [6.45, 7) is 13.1. The van der Waals surface area contributed by atoms with Crippen LogP contribution in [0.5, 0.6) is 0 Å². The number of rotatable bonds is 2. The predicted molar refractivity (Wildman–Crippen MR) is 104 cm³/mol. The summed E-state index contributed by atoms with van der Waals surface area (Å²) in [7, 11) is 0. The molecule has 3 rings (SSSR count). The second-order valence-corrected chi connectivity index (χ2v) is 8.55. The van der Waals surface area contributed by atoms with Crippen LogP contribution in [-0.2, 0) is 28.0 Å².